The molecule has 0 bridgehead atoms. The Morgan fingerprint density at radius 1 is 1.31 bits per heavy atom. The van der Waals surface area contributed by atoms with Crippen LogP contribution in [0.4, 0.5) is 0 Å². The lowest BCUT2D eigenvalue weighted by Crippen LogP contribution is -2.53. The number of piperidine rings is 1. The van der Waals surface area contributed by atoms with Gasteiger partial charge in [-0.25, -0.2) is 0 Å². The molecule has 2 nitrogen and oxygen atoms in total. The van der Waals surface area contributed by atoms with Crippen molar-refractivity contribution in [3.63, 3.8) is 0 Å². The Morgan fingerprint density at radius 3 is 2.62 bits per heavy atom. The van der Waals surface area contributed by atoms with Crippen molar-refractivity contribution in [2.24, 2.45) is 0 Å². The van der Waals surface area contributed by atoms with Crippen LogP contribution in [0.15, 0.2) is 0 Å². The SMILES string of the molecule is CCC1C(NC)CCCN1C1CC1. The molecule has 1 saturated carbocycles. The zero-order valence-electron chi connectivity index (χ0n) is 8.92. The predicted molar refractivity (Wildman–Crippen MR) is 55.9 cm³/mol. The van der Waals surface area contributed by atoms with Gasteiger partial charge in [-0.1, -0.05) is 6.92 Å². The highest BCUT2D eigenvalue weighted by Crippen LogP contribution is 2.33. The van der Waals surface area contributed by atoms with E-state index in [1.807, 2.05) is 0 Å². The molecule has 0 aromatic rings. The van der Waals surface area contributed by atoms with Crippen LogP contribution >= 0.6 is 0 Å². The second kappa shape index (κ2) is 3.97. The van der Waals surface area contributed by atoms with E-state index in [0.717, 1.165) is 18.1 Å². The summed E-state index contributed by atoms with van der Waals surface area (Å²) in [6, 6.07) is 2.51. The van der Waals surface area contributed by atoms with Crippen molar-refractivity contribution in [3.05, 3.63) is 0 Å². The number of rotatable bonds is 3. The number of likely N-dealkylation sites (tertiary alicyclic amines) is 1. The molecule has 1 heterocycles. The van der Waals surface area contributed by atoms with E-state index < -0.39 is 0 Å². The molecule has 0 amide bonds. The van der Waals surface area contributed by atoms with Crippen molar-refractivity contribution in [1.82, 2.24) is 10.2 Å². The van der Waals surface area contributed by atoms with Crippen LogP contribution in [-0.4, -0.2) is 36.6 Å². The second-order valence-electron chi connectivity index (χ2n) is 4.48. The summed E-state index contributed by atoms with van der Waals surface area (Å²) in [6.45, 7) is 3.68. The lowest BCUT2D eigenvalue weighted by Gasteiger charge is -2.41. The molecular weight excluding hydrogens is 160 g/mol. The quantitative estimate of drug-likeness (QED) is 0.713. The largest absolute Gasteiger partial charge is 0.315 e. The van der Waals surface area contributed by atoms with E-state index >= 15 is 0 Å². The smallest absolute Gasteiger partial charge is 0.0249 e. The Kier molecular flexibility index (Phi) is 2.89. The fourth-order valence-electron chi connectivity index (χ4n) is 2.80. The monoisotopic (exact) mass is 182 g/mol. The van der Waals surface area contributed by atoms with Gasteiger partial charge in [0.15, 0.2) is 0 Å². The van der Waals surface area contributed by atoms with Crippen LogP contribution in [-0.2, 0) is 0 Å². The van der Waals surface area contributed by atoms with Crippen LogP contribution in [0.5, 0.6) is 0 Å². The zero-order valence-corrected chi connectivity index (χ0v) is 8.92. The summed E-state index contributed by atoms with van der Waals surface area (Å²) in [5, 5.41) is 3.48. The Morgan fingerprint density at radius 2 is 2.08 bits per heavy atom. The number of hydrogen-bond acceptors (Lipinski definition) is 2. The molecule has 2 aliphatic rings. The predicted octanol–water partition coefficient (Wildman–Crippen LogP) is 1.61. The van der Waals surface area contributed by atoms with Crippen LogP contribution in [0.3, 0.4) is 0 Å². The molecule has 13 heavy (non-hydrogen) atoms. The van der Waals surface area contributed by atoms with Crippen molar-refractivity contribution in [2.45, 2.75) is 57.2 Å². The molecular formula is C11H22N2. The van der Waals surface area contributed by atoms with Gasteiger partial charge in [-0.05, 0) is 45.7 Å². The van der Waals surface area contributed by atoms with Crippen LogP contribution in [0, 0.1) is 0 Å². The standard InChI is InChI=1S/C11H22N2/c1-3-11-10(12-2)5-4-8-13(11)9-6-7-9/h9-12H,3-8H2,1-2H3. The van der Waals surface area contributed by atoms with Gasteiger partial charge in [0.1, 0.15) is 0 Å². The maximum atomic E-state index is 3.48. The molecule has 1 aliphatic heterocycles. The third-order valence-electron chi connectivity index (χ3n) is 3.63. The van der Waals surface area contributed by atoms with Gasteiger partial charge in [-0.15, -0.1) is 0 Å². The number of nitrogens with one attached hydrogen (secondary N) is 1. The minimum atomic E-state index is 0.749. The summed E-state index contributed by atoms with van der Waals surface area (Å²) in [5.41, 5.74) is 0. The Hall–Kier alpha value is -0.0800. The van der Waals surface area contributed by atoms with E-state index in [2.05, 4.69) is 24.2 Å². The van der Waals surface area contributed by atoms with E-state index in [0.29, 0.717) is 0 Å². The van der Waals surface area contributed by atoms with Crippen molar-refractivity contribution < 1.29 is 0 Å². The fraction of sp³-hybridized carbons (Fsp3) is 1.00. The molecule has 0 aromatic heterocycles. The number of hydrogen-bond donors (Lipinski definition) is 1. The first-order chi connectivity index (χ1) is 6.36. The Labute approximate surface area is 81.7 Å². The highest BCUT2D eigenvalue weighted by molar-refractivity contribution is 4.95. The highest BCUT2D eigenvalue weighted by Gasteiger charge is 2.38. The lowest BCUT2D eigenvalue weighted by atomic mass is 9.94. The number of likely N-dealkylation sites (N-methyl/N-ethyl adjacent to an activating group) is 1. The van der Waals surface area contributed by atoms with Gasteiger partial charge in [-0.3, -0.25) is 4.90 Å². The van der Waals surface area contributed by atoms with Crippen molar-refractivity contribution >= 4 is 0 Å². The Bertz CT molecular complexity index is 165. The zero-order chi connectivity index (χ0) is 9.26. The summed E-state index contributed by atoms with van der Waals surface area (Å²) in [7, 11) is 2.11. The van der Waals surface area contributed by atoms with Crippen LogP contribution < -0.4 is 5.32 Å². The van der Waals surface area contributed by atoms with Crippen molar-refractivity contribution in [1.29, 1.82) is 0 Å². The summed E-state index contributed by atoms with van der Waals surface area (Å²) >= 11 is 0. The van der Waals surface area contributed by atoms with Gasteiger partial charge >= 0.3 is 0 Å². The maximum absolute atomic E-state index is 3.48. The second-order valence-corrected chi connectivity index (χ2v) is 4.48. The average molecular weight is 182 g/mol. The first-order valence-electron chi connectivity index (χ1n) is 5.79. The fourth-order valence-corrected chi connectivity index (χ4v) is 2.80. The van der Waals surface area contributed by atoms with Crippen LogP contribution in [0.2, 0.25) is 0 Å². The highest BCUT2D eigenvalue weighted by atomic mass is 15.2. The molecule has 76 valence electrons. The van der Waals surface area contributed by atoms with Crippen molar-refractivity contribution in [3.8, 4) is 0 Å². The van der Waals surface area contributed by atoms with Gasteiger partial charge < -0.3 is 5.32 Å². The van der Waals surface area contributed by atoms with Crippen molar-refractivity contribution in [2.75, 3.05) is 13.6 Å². The van der Waals surface area contributed by atoms with E-state index in [4.69, 9.17) is 0 Å². The molecule has 2 rings (SSSR count). The normalized spacial score (nSPS) is 36.5. The molecule has 0 spiro atoms. The maximum Gasteiger partial charge on any atom is 0.0249 e. The Balaban J connectivity index is 1.99. The molecule has 1 aliphatic carbocycles. The molecule has 2 atom stereocenters. The summed E-state index contributed by atoms with van der Waals surface area (Å²) in [4.78, 5) is 2.75. The molecule has 0 aromatic carbocycles. The van der Waals surface area contributed by atoms with Gasteiger partial charge in [0.05, 0.1) is 0 Å². The van der Waals surface area contributed by atoms with Gasteiger partial charge in [-0.2, -0.15) is 0 Å². The summed E-state index contributed by atoms with van der Waals surface area (Å²) < 4.78 is 0. The summed E-state index contributed by atoms with van der Waals surface area (Å²) in [5.74, 6) is 0. The van der Waals surface area contributed by atoms with Gasteiger partial charge in [0.2, 0.25) is 0 Å². The van der Waals surface area contributed by atoms with E-state index in [1.54, 1.807) is 0 Å². The minimum absolute atomic E-state index is 0.749. The number of nitrogens with zero attached hydrogens (tertiary/aromatic N) is 1. The molecule has 1 saturated heterocycles. The van der Waals surface area contributed by atoms with Gasteiger partial charge in [0.25, 0.3) is 0 Å². The average Bonchev–Trinajstić information content (AvgIpc) is 2.99. The topological polar surface area (TPSA) is 15.3 Å². The molecule has 2 unspecified atom stereocenters. The van der Waals surface area contributed by atoms with Crippen LogP contribution in [0.25, 0.3) is 0 Å². The van der Waals surface area contributed by atoms with E-state index in [-0.39, 0.29) is 0 Å². The molecule has 0 radical (unpaired) electrons. The third-order valence-corrected chi connectivity index (χ3v) is 3.63. The molecule has 2 heteroatoms. The first kappa shape index (κ1) is 9.47. The van der Waals surface area contributed by atoms with E-state index in [9.17, 15) is 0 Å². The molecule has 2 fully saturated rings. The third kappa shape index (κ3) is 1.89. The molecule has 1 N–H and O–H groups in total. The van der Waals surface area contributed by atoms with E-state index in [1.165, 1.54) is 38.6 Å². The minimum Gasteiger partial charge on any atom is -0.315 e. The van der Waals surface area contributed by atoms with Gasteiger partial charge in [0, 0.05) is 18.1 Å². The summed E-state index contributed by atoms with van der Waals surface area (Å²) in [6.07, 6.45) is 6.97. The lowest BCUT2D eigenvalue weighted by molar-refractivity contribution is 0.104. The van der Waals surface area contributed by atoms with Crippen LogP contribution in [0.1, 0.15) is 39.0 Å². The first-order valence-corrected chi connectivity index (χ1v) is 5.79.